The first-order valence-corrected chi connectivity index (χ1v) is 8.58. The van der Waals surface area contributed by atoms with E-state index in [2.05, 4.69) is 5.32 Å². The van der Waals surface area contributed by atoms with Gasteiger partial charge in [0.15, 0.2) is 0 Å². The highest BCUT2D eigenvalue weighted by atomic mass is 19.4. The van der Waals surface area contributed by atoms with Crippen LogP contribution in [0, 0.1) is 13.8 Å². The van der Waals surface area contributed by atoms with Gasteiger partial charge in [0.2, 0.25) is 5.91 Å². The van der Waals surface area contributed by atoms with Gasteiger partial charge in [-0.05, 0) is 61.4 Å². The van der Waals surface area contributed by atoms with E-state index >= 15 is 0 Å². The van der Waals surface area contributed by atoms with Crippen molar-refractivity contribution >= 4 is 17.5 Å². The van der Waals surface area contributed by atoms with Crippen molar-refractivity contribution in [1.29, 1.82) is 0 Å². The molecule has 8 heteroatoms. The Balaban J connectivity index is 1.79. The van der Waals surface area contributed by atoms with Gasteiger partial charge in [0, 0.05) is 11.3 Å². The van der Waals surface area contributed by atoms with Gasteiger partial charge in [0.25, 0.3) is 5.91 Å². The SMILES string of the molecule is Cc1cc(C)cc(OCCC(=O)Nc2ccc(C(=O)NCC(F)(F)F)cc2)c1. The van der Waals surface area contributed by atoms with Gasteiger partial charge in [0.05, 0.1) is 13.0 Å². The van der Waals surface area contributed by atoms with Crippen LogP contribution in [-0.4, -0.2) is 31.1 Å². The summed E-state index contributed by atoms with van der Waals surface area (Å²) in [5.74, 6) is -0.421. The fraction of sp³-hybridized carbons (Fsp3) is 0.300. The van der Waals surface area contributed by atoms with E-state index in [0.717, 1.165) is 11.1 Å². The van der Waals surface area contributed by atoms with Gasteiger partial charge < -0.3 is 15.4 Å². The van der Waals surface area contributed by atoms with Crippen molar-refractivity contribution in [2.45, 2.75) is 26.4 Å². The van der Waals surface area contributed by atoms with Crippen LogP contribution in [0.5, 0.6) is 5.75 Å². The molecule has 0 aliphatic heterocycles. The fourth-order valence-corrected chi connectivity index (χ4v) is 2.49. The third-order valence-corrected chi connectivity index (χ3v) is 3.67. The molecule has 0 atom stereocenters. The van der Waals surface area contributed by atoms with Crippen LogP contribution in [0.1, 0.15) is 27.9 Å². The summed E-state index contributed by atoms with van der Waals surface area (Å²) in [7, 11) is 0. The van der Waals surface area contributed by atoms with Gasteiger partial charge >= 0.3 is 6.18 Å². The summed E-state index contributed by atoms with van der Waals surface area (Å²) in [5, 5.41) is 4.43. The molecule has 28 heavy (non-hydrogen) atoms. The number of alkyl halides is 3. The van der Waals surface area contributed by atoms with Crippen molar-refractivity contribution in [3.05, 3.63) is 59.2 Å². The molecule has 0 unspecified atom stereocenters. The van der Waals surface area contributed by atoms with Crippen LogP contribution in [0.3, 0.4) is 0 Å². The lowest BCUT2D eigenvalue weighted by molar-refractivity contribution is -0.123. The average Bonchev–Trinajstić information content (AvgIpc) is 2.59. The minimum atomic E-state index is -4.47. The van der Waals surface area contributed by atoms with Gasteiger partial charge in [-0.25, -0.2) is 0 Å². The predicted octanol–water partition coefficient (Wildman–Crippen LogP) is 4.00. The maximum Gasteiger partial charge on any atom is 0.405 e. The zero-order chi connectivity index (χ0) is 20.7. The summed E-state index contributed by atoms with van der Waals surface area (Å²) in [6.45, 7) is 2.72. The maximum atomic E-state index is 12.1. The highest BCUT2D eigenvalue weighted by Gasteiger charge is 2.27. The number of amides is 2. The van der Waals surface area contributed by atoms with Crippen LogP contribution in [0.2, 0.25) is 0 Å². The number of rotatable bonds is 7. The van der Waals surface area contributed by atoms with E-state index in [1.165, 1.54) is 24.3 Å². The van der Waals surface area contributed by atoms with Gasteiger partial charge in [-0.3, -0.25) is 9.59 Å². The summed E-state index contributed by atoms with van der Waals surface area (Å²) in [6.07, 6.45) is -4.34. The molecule has 2 rings (SSSR count). The number of carbonyl (C=O) groups excluding carboxylic acids is 2. The molecule has 2 aromatic rings. The van der Waals surface area contributed by atoms with E-state index in [0.29, 0.717) is 11.4 Å². The molecule has 0 saturated heterocycles. The number of anilines is 1. The third-order valence-electron chi connectivity index (χ3n) is 3.67. The van der Waals surface area contributed by atoms with Crippen LogP contribution in [0.15, 0.2) is 42.5 Å². The molecule has 0 bridgehead atoms. The van der Waals surface area contributed by atoms with E-state index in [4.69, 9.17) is 4.74 Å². The first-order valence-electron chi connectivity index (χ1n) is 8.58. The Morgan fingerprint density at radius 2 is 1.61 bits per heavy atom. The highest BCUT2D eigenvalue weighted by molar-refractivity contribution is 5.95. The second kappa shape index (κ2) is 9.25. The third kappa shape index (κ3) is 7.30. The Morgan fingerprint density at radius 3 is 2.18 bits per heavy atom. The number of hydrogen-bond donors (Lipinski definition) is 2. The smallest absolute Gasteiger partial charge is 0.405 e. The molecule has 0 heterocycles. The van der Waals surface area contributed by atoms with Crippen molar-refractivity contribution in [3.63, 3.8) is 0 Å². The normalized spacial score (nSPS) is 11.0. The maximum absolute atomic E-state index is 12.1. The lowest BCUT2D eigenvalue weighted by atomic mass is 10.1. The van der Waals surface area contributed by atoms with E-state index in [-0.39, 0.29) is 24.5 Å². The van der Waals surface area contributed by atoms with Crippen LogP contribution >= 0.6 is 0 Å². The summed E-state index contributed by atoms with van der Waals surface area (Å²) in [4.78, 5) is 23.6. The fourth-order valence-electron chi connectivity index (χ4n) is 2.49. The molecule has 0 aliphatic rings. The Hall–Kier alpha value is -3.03. The Kier molecular flexibility index (Phi) is 7.03. The van der Waals surface area contributed by atoms with Crippen LogP contribution in [0.4, 0.5) is 18.9 Å². The molecule has 0 radical (unpaired) electrons. The predicted molar refractivity (Wildman–Crippen MR) is 99.5 cm³/mol. The quantitative estimate of drug-likeness (QED) is 0.746. The highest BCUT2D eigenvalue weighted by Crippen LogP contribution is 2.17. The van der Waals surface area contributed by atoms with Crippen molar-refractivity contribution in [1.82, 2.24) is 5.32 Å². The monoisotopic (exact) mass is 394 g/mol. The summed E-state index contributed by atoms with van der Waals surface area (Å²) >= 11 is 0. The molecule has 0 spiro atoms. The summed E-state index contributed by atoms with van der Waals surface area (Å²) in [6, 6.07) is 11.4. The average molecular weight is 394 g/mol. The second-order valence-corrected chi connectivity index (χ2v) is 6.35. The molecule has 2 amide bonds. The molecule has 0 saturated carbocycles. The van der Waals surface area contributed by atoms with Crippen molar-refractivity contribution in [2.75, 3.05) is 18.5 Å². The number of benzene rings is 2. The number of ether oxygens (including phenoxy) is 1. The standard InChI is InChI=1S/C20H21F3N2O3/c1-13-9-14(2)11-17(10-13)28-8-7-18(26)25-16-5-3-15(4-6-16)19(27)24-12-20(21,22)23/h3-6,9-11H,7-8,12H2,1-2H3,(H,24,27)(H,25,26). The number of hydrogen-bond acceptors (Lipinski definition) is 3. The second-order valence-electron chi connectivity index (χ2n) is 6.35. The van der Waals surface area contributed by atoms with Crippen LogP contribution in [0.25, 0.3) is 0 Å². The number of aryl methyl sites for hydroxylation is 2. The summed E-state index contributed by atoms with van der Waals surface area (Å²) < 4.78 is 41.9. The summed E-state index contributed by atoms with van der Waals surface area (Å²) in [5.41, 5.74) is 2.64. The molecule has 5 nitrogen and oxygen atoms in total. The van der Waals surface area contributed by atoms with Gasteiger partial charge in [-0.15, -0.1) is 0 Å². The topological polar surface area (TPSA) is 67.4 Å². The van der Waals surface area contributed by atoms with Crippen molar-refractivity contribution in [3.8, 4) is 5.75 Å². The first kappa shape index (κ1) is 21.3. The minimum absolute atomic E-state index is 0.0698. The molecule has 2 N–H and O–H groups in total. The molecule has 0 fully saturated rings. The molecular formula is C20H21F3N2O3. The molecule has 2 aromatic carbocycles. The van der Waals surface area contributed by atoms with E-state index in [9.17, 15) is 22.8 Å². The Bertz CT molecular complexity index is 813. The van der Waals surface area contributed by atoms with Gasteiger partial charge in [-0.1, -0.05) is 6.07 Å². The molecule has 0 aromatic heterocycles. The van der Waals surface area contributed by atoms with Crippen LogP contribution in [-0.2, 0) is 4.79 Å². The van der Waals surface area contributed by atoms with Crippen molar-refractivity contribution < 1.29 is 27.5 Å². The zero-order valence-electron chi connectivity index (χ0n) is 15.5. The van der Waals surface area contributed by atoms with Crippen LogP contribution < -0.4 is 15.4 Å². The number of carbonyl (C=O) groups is 2. The number of halogens is 3. The minimum Gasteiger partial charge on any atom is -0.493 e. The number of nitrogens with one attached hydrogen (secondary N) is 2. The zero-order valence-corrected chi connectivity index (χ0v) is 15.5. The Morgan fingerprint density at radius 1 is 1.00 bits per heavy atom. The lowest BCUT2D eigenvalue weighted by Gasteiger charge is -2.10. The lowest BCUT2D eigenvalue weighted by Crippen LogP contribution is -2.33. The molecule has 0 aliphatic carbocycles. The Labute approximate surface area is 160 Å². The van der Waals surface area contributed by atoms with Gasteiger partial charge in [0.1, 0.15) is 12.3 Å². The van der Waals surface area contributed by atoms with Crippen molar-refractivity contribution in [2.24, 2.45) is 0 Å². The first-order chi connectivity index (χ1) is 13.1. The van der Waals surface area contributed by atoms with E-state index in [1.807, 2.05) is 32.0 Å². The largest absolute Gasteiger partial charge is 0.493 e. The van der Waals surface area contributed by atoms with Gasteiger partial charge in [-0.2, -0.15) is 13.2 Å². The molecular weight excluding hydrogens is 373 g/mol. The van der Waals surface area contributed by atoms with E-state index < -0.39 is 18.6 Å². The molecule has 150 valence electrons. The van der Waals surface area contributed by atoms with E-state index in [1.54, 1.807) is 5.32 Å².